The lowest BCUT2D eigenvalue weighted by Crippen LogP contribution is -2.22. The van der Waals surface area contributed by atoms with Crippen LogP contribution < -0.4 is 16.0 Å². The molecule has 1 saturated carbocycles. The number of anilines is 3. The predicted octanol–water partition coefficient (Wildman–Crippen LogP) is 5.51. The molecule has 6 nitrogen and oxygen atoms in total. The third-order valence-electron chi connectivity index (χ3n) is 4.69. The number of carbonyl (C=O) groups excluding carboxylic acids is 3. The standard InChI is InChI=1S/C20H14Cl3F4N3O3/c1-7-4-8(28-18(32)10-6-20(10,22)23)5-9(13(7)21)17(31)29-12-3-2-11(24)15(14(12)25)30-19(33)16(26)27/h2-5,10,16H,6H2,1H3,(H,28,32)(H,29,31)(H,30,33). The normalized spacial score (nSPS) is 16.3. The Morgan fingerprint density at radius 3 is 2.30 bits per heavy atom. The van der Waals surface area contributed by atoms with Gasteiger partial charge in [-0.2, -0.15) is 8.78 Å². The molecule has 0 saturated heterocycles. The van der Waals surface area contributed by atoms with Gasteiger partial charge in [0.25, 0.3) is 11.8 Å². The lowest BCUT2D eigenvalue weighted by molar-refractivity contribution is -0.126. The van der Waals surface area contributed by atoms with E-state index in [0.717, 1.165) is 6.07 Å². The van der Waals surface area contributed by atoms with Crippen molar-refractivity contribution in [2.75, 3.05) is 16.0 Å². The van der Waals surface area contributed by atoms with Crippen molar-refractivity contribution >= 4 is 69.6 Å². The number of benzene rings is 2. The van der Waals surface area contributed by atoms with Crippen LogP contribution in [0.3, 0.4) is 0 Å². The monoisotopic (exact) mass is 525 g/mol. The molecule has 0 radical (unpaired) electrons. The fourth-order valence-electron chi connectivity index (χ4n) is 2.87. The highest BCUT2D eigenvalue weighted by Gasteiger charge is 2.56. The number of rotatable bonds is 6. The lowest BCUT2D eigenvalue weighted by Gasteiger charge is -2.14. The summed E-state index contributed by atoms with van der Waals surface area (Å²) in [6.07, 6.45) is -3.25. The van der Waals surface area contributed by atoms with Gasteiger partial charge in [0.05, 0.1) is 22.2 Å². The number of halogens is 7. The van der Waals surface area contributed by atoms with E-state index >= 15 is 0 Å². The second kappa shape index (κ2) is 9.36. The van der Waals surface area contributed by atoms with E-state index in [-0.39, 0.29) is 22.7 Å². The van der Waals surface area contributed by atoms with E-state index in [2.05, 4.69) is 10.6 Å². The molecule has 1 aliphatic carbocycles. The largest absolute Gasteiger partial charge is 0.326 e. The maximum Gasteiger partial charge on any atom is 0.315 e. The average molecular weight is 527 g/mol. The van der Waals surface area contributed by atoms with Crippen LogP contribution in [0.15, 0.2) is 24.3 Å². The smallest absolute Gasteiger partial charge is 0.315 e. The summed E-state index contributed by atoms with van der Waals surface area (Å²) in [6.45, 7) is 1.55. The van der Waals surface area contributed by atoms with Crippen LogP contribution in [0.2, 0.25) is 5.02 Å². The summed E-state index contributed by atoms with van der Waals surface area (Å²) in [6, 6.07) is 4.21. The van der Waals surface area contributed by atoms with Gasteiger partial charge in [-0.3, -0.25) is 14.4 Å². The molecule has 1 unspecified atom stereocenters. The Bertz CT molecular complexity index is 1160. The maximum atomic E-state index is 14.6. The van der Waals surface area contributed by atoms with E-state index in [4.69, 9.17) is 34.8 Å². The van der Waals surface area contributed by atoms with Gasteiger partial charge in [0.15, 0.2) is 5.82 Å². The highest BCUT2D eigenvalue weighted by Crippen LogP contribution is 2.53. The quantitative estimate of drug-likeness (QED) is 0.342. The molecule has 0 aliphatic heterocycles. The lowest BCUT2D eigenvalue weighted by atomic mass is 10.1. The van der Waals surface area contributed by atoms with Crippen molar-refractivity contribution in [1.82, 2.24) is 0 Å². The fraction of sp³-hybridized carbons (Fsp3) is 0.250. The van der Waals surface area contributed by atoms with E-state index in [1.807, 2.05) is 0 Å². The summed E-state index contributed by atoms with van der Waals surface area (Å²) in [7, 11) is 0. The summed E-state index contributed by atoms with van der Waals surface area (Å²) in [5.74, 6) is -6.80. The second-order valence-corrected chi connectivity index (χ2v) is 9.11. The first-order valence-electron chi connectivity index (χ1n) is 9.19. The van der Waals surface area contributed by atoms with Crippen LogP contribution in [-0.2, 0) is 9.59 Å². The zero-order chi connectivity index (χ0) is 24.7. The van der Waals surface area contributed by atoms with Crippen molar-refractivity contribution in [3.05, 3.63) is 52.0 Å². The minimum atomic E-state index is -3.51. The number of hydrogen-bond acceptors (Lipinski definition) is 3. The van der Waals surface area contributed by atoms with Crippen molar-refractivity contribution in [2.24, 2.45) is 5.92 Å². The molecular formula is C20H14Cl3F4N3O3. The molecule has 1 atom stereocenters. The van der Waals surface area contributed by atoms with Crippen molar-refractivity contribution in [2.45, 2.75) is 24.1 Å². The number of hydrogen-bond donors (Lipinski definition) is 3. The molecule has 3 amide bonds. The Morgan fingerprint density at radius 1 is 1.09 bits per heavy atom. The van der Waals surface area contributed by atoms with E-state index in [9.17, 15) is 31.9 Å². The molecule has 13 heteroatoms. The van der Waals surface area contributed by atoms with Crippen molar-refractivity contribution in [3.8, 4) is 0 Å². The third-order valence-corrected chi connectivity index (χ3v) is 6.03. The highest BCUT2D eigenvalue weighted by molar-refractivity contribution is 6.52. The summed E-state index contributed by atoms with van der Waals surface area (Å²) in [5.41, 5.74) is -1.36. The van der Waals surface area contributed by atoms with Gasteiger partial charge >= 0.3 is 6.43 Å². The minimum absolute atomic E-state index is 0.0188. The number of alkyl halides is 4. The highest BCUT2D eigenvalue weighted by atomic mass is 35.5. The van der Waals surface area contributed by atoms with Crippen LogP contribution in [0.1, 0.15) is 22.3 Å². The van der Waals surface area contributed by atoms with Crippen LogP contribution in [0, 0.1) is 24.5 Å². The van der Waals surface area contributed by atoms with E-state index < -0.39 is 57.4 Å². The van der Waals surface area contributed by atoms with Crippen molar-refractivity contribution in [3.63, 3.8) is 0 Å². The molecule has 1 aliphatic rings. The van der Waals surface area contributed by atoms with Gasteiger partial charge < -0.3 is 16.0 Å². The van der Waals surface area contributed by atoms with Crippen LogP contribution in [0.4, 0.5) is 34.6 Å². The molecule has 0 bridgehead atoms. The SMILES string of the molecule is Cc1cc(NC(=O)C2CC2(Cl)Cl)cc(C(=O)Nc2ccc(F)c(NC(=O)C(F)F)c2F)c1Cl. The first-order chi connectivity index (χ1) is 15.3. The molecular weight excluding hydrogens is 513 g/mol. The van der Waals surface area contributed by atoms with Gasteiger partial charge in [-0.1, -0.05) is 11.6 Å². The molecule has 176 valence electrons. The average Bonchev–Trinajstić information content (AvgIpc) is 3.37. The first-order valence-corrected chi connectivity index (χ1v) is 10.3. The zero-order valence-corrected chi connectivity index (χ0v) is 18.8. The molecule has 33 heavy (non-hydrogen) atoms. The zero-order valence-electron chi connectivity index (χ0n) is 16.5. The Morgan fingerprint density at radius 2 is 1.73 bits per heavy atom. The topological polar surface area (TPSA) is 87.3 Å². The summed E-state index contributed by atoms with van der Waals surface area (Å²) >= 11 is 17.9. The molecule has 3 N–H and O–H groups in total. The van der Waals surface area contributed by atoms with Gasteiger partial charge in [-0.15, -0.1) is 23.2 Å². The summed E-state index contributed by atoms with van der Waals surface area (Å²) < 4.78 is 52.1. The molecule has 1 fully saturated rings. The van der Waals surface area contributed by atoms with E-state index in [0.29, 0.717) is 11.6 Å². The Labute approximate surface area is 199 Å². The van der Waals surface area contributed by atoms with Crippen LogP contribution >= 0.6 is 34.8 Å². The van der Waals surface area contributed by atoms with Crippen LogP contribution in [0.5, 0.6) is 0 Å². The summed E-state index contributed by atoms with van der Waals surface area (Å²) in [5, 5.41) is 6.09. The molecule has 0 heterocycles. The second-order valence-electron chi connectivity index (χ2n) is 7.19. The van der Waals surface area contributed by atoms with Gasteiger partial charge in [0.1, 0.15) is 15.8 Å². The van der Waals surface area contributed by atoms with Gasteiger partial charge in [0.2, 0.25) is 5.91 Å². The van der Waals surface area contributed by atoms with Crippen LogP contribution in [0.25, 0.3) is 0 Å². The molecule has 2 aromatic carbocycles. The predicted molar refractivity (Wildman–Crippen MR) is 116 cm³/mol. The van der Waals surface area contributed by atoms with Crippen molar-refractivity contribution in [1.29, 1.82) is 0 Å². The number of amides is 3. The third kappa shape index (κ3) is 5.51. The molecule has 3 rings (SSSR count). The van der Waals surface area contributed by atoms with Gasteiger partial charge in [-0.05, 0) is 43.2 Å². The van der Waals surface area contributed by atoms with Crippen molar-refractivity contribution < 1.29 is 31.9 Å². The summed E-state index contributed by atoms with van der Waals surface area (Å²) in [4.78, 5) is 36.1. The van der Waals surface area contributed by atoms with Gasteiger partial charge in [-0.25, -0.2) is 8.78 Å². The number of nitrogens with one attached hydrogen (secondary N) is 3. The molecule has 0 spiro atoms. The van der Waals surface area contributed by atoms with E-state index in [1.54, 1.807) is 6.92 Å². The number of aryl methyl sites for hydroxylation is 1. The fourth-order valence-corrected chi connectivity index (χ4v) is 3.57. The molecule has 0 aromatic heterocycles. The van der Waals surface area contributed by atoms with Crippen LogP contribution in [-0.4, -0.2) is 28.5 Å². The minimum Gasteiger partial charge on any atom is -0.326 e. The van der Waals surface area contributed by atoms with Gasteiger partial charge in [0, 0.05) is 5.69 Å². The Hall–Kier alpha value is -2.56. The number of carbonyl (C=O) groups is 3. The molecule has 2 aromatic rings. The maximum absolute atomic E-state index is 14.6. The Kier molecular flexibility index (Phi) is 7.11. The first kappa shape index (κ1) is 25.1. The van der Waals surface area contributed by atoms with E-state index in [1.165, 1.54) is 17.4 Å². The Balaban J connectivity index is 1.85.